The molecule has 0 radical (unpaired) electrons. The molecule has 0 aliphatic carbocycles. The number of methoxy groups -OCH3 is 1. The molecule has 0 saturated heterocycles. The Bertz CT molecular complexity index is 1320. The Labute approximate surface area is 178 Å². The fourth-order valence-corrected chi connectivity index (χ4v) is 4.25. The number of hydrogen-bond acceptors (Lipinski definition) is 7. The van der Waals surface area contributed by atoms with Crippen LogP contribution in [0.25, 0.3) is 17.0 Å². The van der Waals surface area contributed by atoms with Crippen LogP contribution in [0.4, 0.5) is 5.95 Å². The van der Waals surface area contributed by atoms with Crippen LogP contribution >= 0.6 is 0 Å². The van der Waals surface area contributed by atoms with Crippen molar-refractivity contribution in [3.05, 3.63) is 66.9 Å². The van der Waals surface area contributed by atoms with Gasteiger partial charge in [0.2, 0.25) is 5.91 Å². The van der Waals surface area contributed by atoms with Gasteiger partial charge in [-0.2, -0.15) is 9.50 Å². The van der Waals surface area contributed by atoms with Crippen molar-refractivity contribution in [3.8, 4) is 17.0 Å². The molecule has 2 aromatic heterocycles. The first kappa shape index (κ1) is 20.5. The Morgan fingerprint density at radius 3 is 2.52 bits per heavy atom. The van der Waals surface area contributed by atoms with Gasteiger partial charge < -0.3 is 4.74 Å². The number of rotatable bonds is 7. The van der Waals surface area contributed by atoms with Crippen molar-refractivity contribution in [1.29, 1.82) is 0 Å². The van der Waals surface area contributed by atoms with Gasteiger partial charge in [-0.05, 0) is 42.5 Å². The number of amides is 1. The quantitative estimate of drug-likeness (QED) is 0.472. The molecule has 0 fully saturated rings. The van der Waals surface area contributed by atoms with E-state index in [1.54, 1.807) is 37.6 Å². The Morgan fingerprint density at radius 2 is 1.81 bits per heavy atom. The van der Waals surface area contributed by atoms with E-state index >= 15 is 0 Å². The van der Waals surface area contributed by atoms with Crippen LogP contribution in [0.2, 0.25) is 0 Å². The minimum atomic E-state index is -3.55. The van der Waals surface area contributed by atoms with E-state index in [4.69, 9.17) is 4.74 Å². The first-order valence-electron chi connectivity index (χ1n) is 9.40. The monoisotopic (exact) mass is 437 g/mol. The van der Waals surface area contributed by atoms with E-state index in [0.29, 0.717) is 5.78 Å². The molecule has 158 valence electrons. The number of sulfone groups is 1. The zero-order chi connectivity index (χ0) is 21.8. The van der Waals surface area contributed by atoms with E-state index in [2.05, 4.69) is 20.4 Å². The van der Waals surface area contributed by atoms with Gasteiger partial charge in [-0.15, -0.1) is 5.10 Å². The lowest BCUT2D eigenvalue weighted by Crippen LogP contribution is -2.18. The third-order valence-electron chi connectivity index (χ3n) is 4.58. The molecule has 31 heavy (non-hydrogen) atoms. The lowest BCUT2D eigenvalue weighted by molar-refractivity contribution is -0.115. The van der Waals surface area contributed by atoms with Gasteiger partial charge in [-0.25, -0.2) is 13.4 Å². The van der Waals surface area contributed by atoms with Gasteiger partial charge in [-0.1, -0.05) is 18.2 Å². The SMILES string of the molecule is COc1ccc(-c2ccnc3nc(NC(=O)CCS(=O)(=O)c4ccccc4)nn23)cc1. The first-order valence-corrected chi connectivity index (χ1v) is 11.1. The van der Waals surface area contributed by atoms with Crippen molar-refractivity contribution < 1.29 is 17.9 Å². The second-order valence-corrected chi connectivity index (χ2v) is 8.75. The summed E-state index contributed by atoms with van der Waals surface area (Å²) in [4.78, 5) is 20.9. The number of benzene rings is 2. The van der Waals surface area contributed by atoms with Crippen LogP contribution < -0.4 is 10.1 Å². The van der Waals surface area contributed by atoms with Crippen molar-refractivity contribution in [2.45, 2.75) is 11.3 Å². The molecule has 0 atom stereocenters. The maximum absolute atomic E-state index is 12.3. The smallest absolute Gasteiger partial charge is 0.254 e. The van der Waals surface area contributed by atoms with E-state index in [1.807, 2.05) is 24.3 Å². The highest BCUT2D eigenvalue weighted by molar-refractivity contribution is 7.91. The second kappa shape index (κ2) is 8.52. The molecule has 0 aliphatic heterocycles. The molecule has 0 saturated carbocycles. The number of aromatic nitrogens is 4. The van der Waals surface area contributed by atoms with E-state index in [9.17, 15) is 13.2 Å². The predicted molar refractivity (Wildman–Crippen MR) is 115 cm³/mol. The van der Waals surface area contributed by atoms with E-state index in [0.717, 1.165) is 17.0 Å². The highest BCUT2D eigenvalue weighted by atomic mass is 32.2. The van der Waals surface area contributed by atoms with Crippen molar-refractivity contribution in [2.24, 2.45) is 0 Å². The van der Waals surface area contributed by atoms with E-state index in [1.165, 1.54) is 16.6 Å². The summed E-state index contributed by atoms with van der Waals surface area (Å²) in [5.74, 6) is 0.273. The minimum absolute atomic E-state index is 0.0515. The summed E-state index contributed by atoms with van der Waals surface area (Å²) in [7, 11) is -1.96. The zero-order valence-electron chi connectivity index (χ0n) is 16.6. The molecule has 0 spiro atoms. The molecule has 2 aromatic carbocycles. The molecule has 1 N–H and O–H groups in total. The summed E-state index contributed by atoms with van der Waals surface area (Å²) in [6.07, 6.45) is 1.38. The Kier molecular flexibility index (Phi) is 5.63. The van der Waals surface area contributed by atoms with Crippen molar-refractivity contribution in [2.75, 3.05) is 18.2 Å². The van der Waals surface area contributed by atoms with Crippen molar-refractivity contribution >= 4 is 27.5 Å². The first-order chi connectivity index (χ1) is 15.0. The predicted octanol–water partition coefficient (Wildman–Crippen LogP) is 2.60. The largest absolute Gasteiger partial charge is 0.497 e. The summed E-state index contributed by atoms with van der Waals surface area (Å²) in [5.41, 5.74) is 1.59. The lowest BCUT2D eigenvalue weighted by atomic mass is 10.1. The molecule has 1 amide bonds. The normalized spacial score (nSPS) is 11.4. The topological polar surface area (TPSA) is 116 Å². The summed E-state index contributed by atoms with van der Waals surface area (Å²) in [6, 6.07) is 17.2. The van der Waals surface area contributed by atoms with Gasteiger partial charge in [-0.3, -0.25) is 10.1 Å². The van der Waals surface area contributed by atoms with Gasteiger partial charge in [0, 0.05) is 18.2 Å². The summed E-state index contributed by atoms with van der Waals surface area (Å²) in [6.45, 7) is 0. The number of ether oxygens (including phenoxy) is 1. The van der Waals surface area contributed by atoms with Crippen molar-refractivity contribution in [1.82, 2.24) is 19.6 Å². The molecule has 4 aromatic rings. The molecule has 2 heterocycles. The van der Waals surface area contributed by atoms with Gasteiger partial charge in [0.1, 0.15) is 5.75 Å². The number of anilines is 1. The Balaban J connectivity index is 1.49. The number of nitrogens with zero attached hydrogens (tertiary/aromatic N) is 4. The fraction of sp³-hybridized carbons (Fsp3) is 0.143. The van der Waals surface area contributed by atoms with Crippen molar-refractivity contribution in [3.63, 3.8) is 0 Å². The van der Waals surface area contributed by atoms with Crippen LogP contribution in [-0.4, -0.2) is 46.8 Å². The maximum Gasteiger partial charge on any atom is 0.254 e. The molecule has 9 nitrogen and oxygen atoms in total. The highest BCUT2D eigenvalue weighted by Gasteiger charge is 2.18. The lowest BCUT2D eigenvalue weighted by Gasteiger charge is -2.05. The van der Waals surface area contributed by atoms with Crippen LogP contribution in [0.15, 0.2) is 71.8 Å². The van der Waals surface area contributed by atoms with Gasteiger partial charge in [0.25, 0.3) is 11.7 Å². The maximum atomic E-state index is 12.3. The molecular formula is C21H19N5O4S. The van der Waals surface area contributed by atoms with E-state index < -0.39 is 15.7 Å². The molecule has 10 heteroatoms. The molecular weight excluding hydrogens is 418 g/mol. The summed E-state index contributed by atoms with van der Waals surface area (Å²) < 4.78 is 31.4. The van der Waals surface area contributed by atoms with Crippen LogP contribution in [-0.2, 0) is 14.6 Å². The third kappa shape index (κ3) is 4.53. The average Bonchev–Trinajstić information content (AvgIpc) is 3.21. The zero-order valence-corrected chi connectivity index (χ0v) is 17.4. The number of carbonyl (C=O) groups excluding carboxylic acids is 1. The highest BCUT2D eigenvalue weighted by Crippen LogP contribution is 2.22. The van der Waals surface area contributed by atoms with Crippen LogP contribution in [0, 0.1) is 0 Å². The van der Waals surface area contributed by atoms with Gasteiger partial charge in [0.05, 0.1) is 23.5 Å². The number of fused-ring (bicyclic) bond motifs is 1. The third-order valence-corrected chi connectivity index (χ3v) is 6.31. The second-order valence-electron chi connectivity index (χ2n) is 6.64. The summed E-state index contributed by atoms with van der Waals surface area (Å²) >= 11 is 0. The van der Waals surface area contributed by atoms with Crippen LogP contribution in [0.1, 0.15) is 6.42 Å². The van der Waals surface area contributed by atoms with E-state index in [-0.39, 0.29) is 23.0 Å². The standard InChI is InChI=1S/C21H19N5O4S/c1-30-16-9-7-15(8-10-16)18-11-13-22-21-24-20(25-26(18)21)23-19(27)12-14-31(28,29)17-5-3-2-4-6-17/h2-11,13H,12,14H2,1H3,(H,23,25,27). The Hall–Kier alpha value is -3.79. The number of hydrogen-bond donors (Lipinski definition) is 1. The summed E-state index contributed by atoms with van der Waals surface area (Å²) in [5, 5.41) is 6.85. The fourth-order valence-electron chi connectivity index (χ4n) is 2.99. The van der Waals surface area contributed by atoms with Crippen LogP contribution in [0.5, 0.6) is 5.75 Å². The number of carbonyl (C=O) groups is 1. The minimum Gasteiger partial charge on any atom is -0.497 e. The molecule has 4 rings (SSSR count). The molecule has 0 bridgehead atoms. The Morgan fingerprint density at radius 1 is 1.06 bits per heavy atom. The number of nitrogens with one attached hydrogen (secondary N) is 1. The van der Waals surface area contributed by atoms with Gasteiger partial charge in [0.15, 0.2) is 9.84 Å². The van der Waals surface area contributed by atoms with Crippen LogP contribution in [0.3, 0.4) is 0 Å². The molecule has 0 aliphatic rings. The average molecular weight is 437 g/mol. The molecule has 0 unspecified atom stereocenters. The van der Waals surface area contributed by atoms with Gasteiger partial charge >= 0.3 is 0 Å².